The van der Waals surface area contributed by atoms with Crippen LogP contribution in [0.2, 0.25) is 0 Å². The van der Waals surface area contributed by atoms with Gasteiger partial charge in [-0.05, 0) is 13.0 Å². The molecule has 3 N–H and O–H groups in total. The van der Waals surface area contributed by atoms with Crippen molar-refractivity contribution < 1.29 is 19.0 Å². The first-order valence-electron chi connectivity index (χ1n) is 6.57. The van der Waals surface area contributed by atoms with E-state index in [1.54, 1.807) is 13.0 Å². The predicted octanol–water partition coefficient (Wildman–Crippen LogP) is 0.668. The summed E-state index contributed by atoms with van der Waals surface area (Å²) in [6.07, 6.45) is 1.47. The van der Waals surface area contributed by atoms with Crippen LogP contribution >= 0.6 is 0 Å². The number of esters is 1. The van der Waals surface area contributed by atoms with E-state index in [-0.39, 0.29) is 11.8 Å². The molecule has 0 spiro atoms. The van der Waals surface area contributed by atoms with Gasteiger partial charge >= 0.3 is 5.97 Å². The van der Waals surface area contributed by atoms with E-state index >= 15 is 0 Å². The SMILES string of the molecule is CCOC(=O)c1ccnc(NCC2COCCO2)c1N. The Hall–Kier alpha value is -1.86. The van der Waals surface area contributed by atoms with Crippen molar-refractivity contribution in [1.82, 2.24) is 4.98 Å². The highest BCUT2D eigenvalue weighted by Crippen LogP contribution is 2.21. The largest absolute Gasteiger partial charge is 0.462 e. The third-order valence-electron chi connectivity index (χ3n) is 2.87. The maximum Gasteiger partial charge on any atom is 0.340 e. The van der Waals surface area contributed by atoms with Crippen molar-refractivity contribution in [2.75, 3.05) is 44.0 Å². The van der Waals surface area contributed by atoms with Crippen molar-refractivity contribution in [1.29, 1.82) is 0 Å². The molecule has 0 saturated carbocycles. The van der Waals surface area contributed by atoms with Crippen LogP contribution in [0.5, 0.6) is 0 Å². The topological polar surface area (TPSA) is 95.7 Å². The van der Waals surface area contributed by atoms with Crippen molar-refractivity contribution in [2.24, 2.45) is 0 Å². The van der Waals surface area contributed by atoms with Gasteiger partial charge in [0.25, 0.3) is 0 Å². The van der Waals surface area contributed by atoms with E-state index in [4.69, 9.17) is 19.9 Å². The highest BCUT2D eigenvalue weighted by atomic mass is 16.6. The molecule has 1 aliphatic heterocycles. The van der Waals surface area contributed by atoms with E-state index in [2.05, 4.69) is 10.3 Å². The van der Waals surface area contributed by atoms with Crippen molar-refractivity contribution in [3.05, 3.63) is 17.8 Å². The van der Waals surface area contributed by atoms with Crippen molar-refractivity contribution >= 4 is 17.5 Å². The zero-order valence-corrected chi connectivity index (χ0v) is 11.4. The van der Waals surface area contributed by atoms with Gasteiger partial charge in [-0.3, -0.25) is 0 Å². The first kappa shape index (κ1) is 14.5. The number of anilines is 2. The number of hydrogen-bond acceptors (Lipinski definition) is 7. The molecule has 0 radical (unpaired) electrons. The molecule has 2 rings (SSSR count). The molecule has 0 amide bonds. The van der Waals surface area contributed by atoms with Gasteiger partial charge in [0.05, 0.1) is 43.8 Å². The number of ether oxygens (including phenoxy) is 3. The summed E-state index contributed by atoms with van der Waals surface area (Å²) in [5, 5.41) is 3.07. The molecule has 1 atom stereocenters. The molecular formula is C13H19N3O4. The third-order valence-corrected chi connectivity index (χ3v) is 2.87. The molecule has 1 aliphatic rings. The Labute approximate surface area is 117 Å². The van der Waals surface area contributed by atoms with E-state index in [0.717, 1.165) is 0 Å². The average Bonchev–Trinajstić information content (AvgIpc) is 2.47. The summed E-state index contributed by atoms with van der Waals surface area (Å²) in [6, 6.07) is 1.54. The van der Waals surface area contributed by atoms with Gasteiger partial charge in [0.15, 0.2) is 0 Å². The van der Waals surface area contributed by atoms with Crippen LogP contribution in [-0.4, -0.2) is 50.0 Å². The zero-order valence-electron chi connectivity index (χ0n) is 11.4. The van der Waals surface area contributed by atoms with E-state index < -0.39 is 5.97 Å². The molecular weight excluding hydrogens is 262 g/mol. The van der Waals surface area contributed by atoms with Gasteiger partial charge in [-0.1, -0.05) is 0 Å². The van der Waals surface area contributed by atoms with Crippen LogP contribution in [0.1, 0.15) is 17.3 Å². The number of hydrogen-bond donors (Lipinski definition) is 2. The Morgan fingerprint density at radius 1 is 1.60 bits per heavy atom. The van der Waals surface area contributed by atoms with Crippen LogP contribution in [0, 0.1) is 0 Å². The fraction of sp³-hybridized carbons (Fsp3) is 0.538. The molecule has 1 aromatic heterocycles. The summed E-state index contributed by atoms with van der Waals surface area (Å²) >= 11 is 0. The average molecular weight is 281 g/mol. The summed E-state index contributed by atoms with van der Waals surface area (Å²) in [5.41, 5.74) is 6.52. The standard InChI is InChI=1S/C13H19N3O4/c1-2-19-13(17)10-3-4-15-12(11(10)14)16-7-9-8-18-5-6-20-9/h3-4,9H,2,5-8,14H2,1H3,(H,15,16). The predicted molar refractivity (Wildman–Crippen MR) is 73.7 cm³/mol. The quantitative estimate of drug-likeness (QED) is 0.766. The lowest BCUT2D eigenvalue weighted by Gasteiger charge is -2.23. The van der Waals surface area contributed by atoms with Gasteiger partial charge in [-0.25, -0.2) is 9.78 Å². The second-order valence-corrected chi connectivity index (χ2v) is 4.29. The maximum atomic E-state index is 11.7. The van der Waals surface area contributed by atoms with E-state index in [0.29, 0.717) is 44.4 Å². The molecule has 1 saturated heterocycles. The Morgan fingerprint density at radius 3 is 3.15 bits per heavy atom. The molecule has 1 aromatic rings. The van der Waals surface area contributed by atoms with Crippen LogP contribution in [0.25, 0.3) is 0 Å². The number of nitrogens with two attached hydrogens (primary N) is 1. The molecule has 2 heterocycles. The van der Waals surface area contributed by atoms with Gasteiger partial charge in [-0.2, -0.15) is 0 Å². The summed E-state index contributed by atoms with van der Waals surface area (Å²) in [5.74, 6) is -0.00238. The lowest BCUT2D eigenvalue weighted by Crippen LogP contribution is -2.34. The molecule has 20 heavy (non-hydrogen) atoms. The monoisotopic (exact) mass is 281 g/mol. The first-order valence-corrected chi connectivity index (χ1v) is 6.57. The van der Waals surface area contributed by atoms with E-state index in [1.165, 1.54) is 6.20 Å². The van der Waals surface area contributed by atoms with Crippen LogP contribution in [0.4, 0.5) is 11.5 Å². The van der Waals surface area contributed by atoms with Gasteiger partial charge < -0.3 is 25.3 Å². The van der Waals surface area contributed by atoms with Gasteiger partial charge in [0.1, 0.15) is 5.82 Å². The Bertz CT molecular complexity index is 461. The summed E-state index contributed by atoms with van der Waals surface area (Å²) in [6.45, 7) is 4.30. The van der Waals surface area contributed by atoms with Crippen LogP contribution in [-0.2, 0) is 14.2 Å². The fourth-order valence-electron chi connectivity index (χ4n) is 1.87. The number of pyridine rings is 1. The van der Waals surface area contributed by atoms with E-state index in [9.17, 15) is 4.79 Å². The minimum absolute atomic E-state index is 0.0452. The third kappa shape index (κ3) is 3.58. The van der Waals surface area contributed by atoms with Crippen molar-refractivity contribution in [3.8, 4) is 0 Å². The number of carbonyl (C=O) groups is 1. The lowest BCUT2D eigenvalue weighted by atomic mass is 10.2. The van der Waals surface area contributed by atoms with Gasteiger partial charge in [0.2, 0.25) is 0 Å². The van der Waals surface area contributed by atoms with Crippen molar-refractivity contribution in [3.63, 3.8) is 0 Å². The first-order chi connectivity index (χ1) is 9.72. The summed E-state index contributed by atoms with van der Waals surface area (Å²) < 4.78 is 15.8. The fourth-order valence-corrected chi connectivity index (χ4v) is 1.87. The summed E-state index contributed by atoms with van der Waals surface area (Å²) in [7, 11) is 0. The summed E-state index contributed by atoms with van der Waals surface area (Å²) in [4.78, 5) is 15.8. The Morgan fingerprint density at radius 2 is 2.45 bits per heavy atom. The lowest BCUT2D eigenvalue weighted by molar-refractivity contribution is -0.0819. The van der Waals surface area contributed by atoms with Crippen LogP contribution < -0.4 is 11.1 Å². The highest BCUT2D eigenvalue weighted by Gasteiger charge is 2.17. The van der Waals surface area contributed by atoms with E-state index in [1.807, 2.05) is 0 Å². The Balaban J connectivity index is 2.00. The molecule has 1 fully saturated rings. The second kappa shape index (κ2) is 7.06. The van der Waals surface area contributed by atoms with Gasteiger partial charge in [0, 0.05) is 12.7 Å². The molecule has 0 aliphatic carbocycles. The number of aromatic nitrogens is 1. The number of nitrogen functional groups attached to an aromatic ring is 1. The normalized spacial score (nSPS) is 18.6. The molecule has 7 heteroatoms. The number of rotatable bonds is 5. The second-order valence-electron chi connectivity index (χ2n) is 4.29. The number of nitrogens with zero attached hydrogens (tertiary/aromatic N) is 1. The van der Waals surface area contributed by atoms with Gasteiger partial charge in [-0.15, -0.1) is 0 Å². The molecule has 1 unspecified atom stereocenters. The molecule has 7 nitrogen and oxygen atoms in total. The van der Waals surface area contributed by atoms with Crippen LogP contribution in [0.3, 0.4) is 0 Å². The number of carbonyl (C=O) groups excluding carboxylic acids is 1. The molecule has 110 valence electrons. The Kier molecular flexibility index (Phi) is 5.14. The smallest absolute Gasteiger partial charge is 0.340 e. The minimum Gasteiger partial charge on any atom is -0.462 e. The maximum absolute atomic E-state index is 11.7. The number of nitrogens with one attached hydrogen (secondary N) is 1. The van der Waals surface area contributed by atoms with Crippen LogP contribution in [0.15, 0.2) is 12.3 Å². The zero-order chi connectivity index (χ0) is 14.4. The van der Waals surface area contributed by atoms with Crippen molar-refractivity contribution in [2.45, 2.75) is 13.0 Å². The molecule has 0 bridgehead atoms. The minimum atomic E-state index is -0.451. The molecule has 0 aromatic carbocycles. The highest BCUT2D eigenvalue weighted by molar-refractivity contribution is 5.97.